The maximum absolute atomic E-state index is 15.1. The molecule has 4 rings (SSSR count). The first-order valence-electron chi connectivity index (χ1n) is 11.4. The second-order valence-corrected chi connectivity index (χ2v) is 8.46. The summed E-state index contributed by atoms with van der Waals surface area (Å²) in [6.07, 6.45) is -0.889. The van der Waals surface area contributed by atoms with E-state index in [0.717, 1.165) is 30.2 Å². The van der Waals surface area contributed by atoms with E-state index >= 15 is 4.39 Å². The zero-order chi connectivity index (χ0) is 24.1. The molecule has 0 heterocycles. The Morgan fingerprint density at radius 3 is 1.85 bits per heavy atom. The predicted octanol–water partition coefficient (Wildman–Crippen LogP) is 8.01. The van der Waals surface area contributed by atoms with Crippen molar-refractivity contribution in [2.45, 2.75) is 45.4 Å². The fourth-order valence-corrected chi connectivity index (χ4v) is 4.10. The van der Waals surface area contributed by atoms with Gasteiger partial charge in [0.15, 0.2) is 0 Å². The molecule has 34 heavy (non-hydrogen) atoms. The Labute approximate surface area is 197 Å². The van der Waals surface area contributed by atoms with Gasteiger partial charge in [-0.3, -0.25) is 0 Å². The van der Waals surface area contributed by atoms with Crippen LogP contribution in [0, 0.1) is 5.82 Å². The summed E-state index contributed by atoms with van der Waals surface area (Å²) in [4.78, 5) is 0. The first kappa shape index (κ1) is 23.8. The number of alkyl halides is 3. The van der Waals surface area contributed by atoms with E-state index in [0.29, 0.717) is 23.8 Å². The van der Waals surface area contributed by atoms with E-state index in [9.17, 15) is 13.2 Å². The predicted molar refractivity (Wildman–Crippen MR) is 128 cm³/mol. The Morgan fingerprint density at radius 1 is 0.647 bits per heavy atom. The van der Waals surface area contributed by atoms with E-state index in [1.54, 1.807) is 18.2 Å². The minimum Gasteiger partial charge on any atom is -0.406 e. The molecule has 0 aliphatic heterocycles. The van der Waals surface area contributed by atoms with E-state index in [4.69, 9.17) is 0 Å². The molecule has 176 valence electrons. The Bertz CT molecular complexity index is 1240. The summed E-state index contributed by atoms with van der Waals surface area (Å²) < 4.78 is 55.9. The van der Waals surface area contributed by atoms with Crippen molar-refractivity contribution in [1.82, 2.24) is 0 Å². The molecule has 0 saturated heterocycles. The third-order valence-corrected chi connectivity index (χ3v) is 6.07. The van der Waals surface area contributed by atoms with Crippen LogP contribution in [0.25, 0.3) is 10.8 Å². The minimum absolute atomic E-state index is 0.240. The van der Waals surface area contributed by atoms with Crippen LogP contribution in [0.1, 0.15) is 34.7 Å². The molecule has 0 aliphatic rings. The van der Waals surface area contributed by atoms with Gasteiger partial charge in [-0.05, 0) is 77.4 Å². The van der Waals surface area contributed by atoms with Crippen LogP contribution in [0.5, 0.6) is 5.75 Å². The lowest BCUT2D eigenvalue weighted by molar-refractivity contribution is -0.274. The van der Waals surface area contributed by atoms with Gasteiger partial charge in [0.2, 0.25) is 0 Å². The molecule has 0 aliphatic carbocycles. The molecule has 0 spiro atoms. The first-order valence-corrected chi connectivity index (χ1v) is 11.4. The fraction of sp³-hybridized carbons (Fsp3) is 0.241. The van der Waals surface area contributed by atoms with Gasteiger partial charge in [-0.25, -0.2) is 4.39 Å². The smallest absolute Gasteiger partial charge is 0.406 e. The number of fused-ring (bicyclic) bond motifs is 1. The van der Waals surface area contributed by atoms with Gasteiger partial charge in [-0.1, -0.05) is 73.7 Å². The number of hydrogen-bond acceptors (Lipinski definition) is 1. The summed E-state index contributed by atoms with van der Waals surface area (Å²) in [5, 5.41) is 1.45. The van der Waals surface area contributed by atoms with E-state index < -0.39 is 6.36 Å². The zero-order valence-corrected chi connectivity index (χ0v) is 19.0. The lowest BCUT2D eigenvalue weighted by Crippen LogP contribution is -2.17. The molecular formula is C29H26F4O. The van der Waals surface area contributed by atoms with Crippen LogP contribution in [-0.2, 0) is 32.1 Å². The van der Waals surface area contributed by atoms with Crippen molar-refractivity contribution in [3.63, 3.8) is 0 Å². The van der Waals surface area contributed by atoms with Crippen LogP contribution in [-0.4, -0.2) is 6.36 Å². The van der Waals surface area contributed by atoms with Crippen molar-refractivity contribution >= 4 is 10.8 Å². The van der Waals surface area contributed by atoms with E-state index in [-0.39, 0.29) is 11.6 Å². The SMILES string of the molecule is CCc1ccc(CCc2ccc3c(F)c(CCc4ccc(OC(F)(F)F)cc4)ccc3c2)cc1. The number of ether oxygens (including phenoxy) is 1. The van der Waals surface area contributed by atoms with Crippen LogP contribution in [0.3, 0.4) is 0 Å². The van der Waals surface area contributed by atoms with Gasteiger partial charge < -0.3 is 4.74 Å². The standard InChI is InChI=1S/C29H26F4O/c1-2-20-3-5-21(6-4-20)7-8-23-12-18-27-25(19-23)15-14-24(28(27)30)13-9-22-10-16-26(17-11-22)34-29(31,32)33/h3-6,10-12,14-19H,2,7-9,13H2,1H3. The minimum atomic E-state index is -4.71. The summed E-state index contributed by atoms with van der Waals surface area (Å²) in [6.45, 7) is 2.14. The number of rotatable bonds is 8. The Kier molecular flexibility index (Phi) is 7.20. The van der Waals surface area contributed by atoms with Crippen molar-refractivity contribution < 1.29 is 22.3 Å². The van der Waals surface area contributed by atoms with Gasteiger partial charge in [0.1, 0.15) is 11.6 Å². The van der Waals surface area contributed by atoms with Crippen LogP contribution in [0.15, 0.2) is 78.9 Å². The number of benzene rings is 4. The molecule has 4 aromatic rings. The van der Waals surface area contributed by atoms with E-state index in [2.05, 4.69) is 35.9 Å². The topological polar surface area (TPSA) is 9.23 Å². The quantitative estimate of drug-likeness (QED) is 0.239. The van der Waals surface area contributed by atoms with Gasteiger partial charge in [-0.2, -0.15) is 0 Å². The molecule has 0 fully saturated rings. The molecule has 5 heteroatoms. The highest BCUT2D eigenvalue weighted by Crippen LogP contribution is 2.26. The molecular weight excluding hydrogens is 440 g/mol. The number of hydrogen-bond donors (Lipinski definition) is 0. The van der Waals surface area contributed by atoms with Crippen molar-refractivity contribution in [1.29, 1.82) is 0 Å². The van der Waals surface area contributed by atoms with E-state index in [1.165, 1.54) is 28.8 Å². The molecule has 0 amide bonds. The summed E-state index contributed by atoms with van der Waals surface area (Å²) in [6, 6.07) is 24.0. The van der Waals surface area contributed by atoms with Gasteiger partial charge in [-0.15, -0.1) is 13.2 Å². The summed E-state index contributed by atoms with van der Waals surface area (Å²) in [5.41, 5.74) is 5.19. The maximum atomic E-state index is 15.1. The average Bonchev–Trinajstić information content (AvgIpc) is 2.82. The highest BCUT2D eigenvalue weighted by molar-refractivity contribution is 5.84. The molecule has 0 atom stereocenters. The van der Waals surface area contributed by atoms with Crippen molar-refractivity contribution in [3.8, 4) is 5.75 Å². The van der Waals surface area contributed by atoms with Crippen LogP contribution in [0.4, 0.5) is 17.6 Å². The van der Waals surface area contributed by atoms with Crippen molar-refractivity contribution in [3.05, 3.63) is 112 Å². The normalized spacial score (nSPS) is 11.7. The van der Waals surface area contributed by atoms with Gasteiger partial charge in [0.05, 0.1) is 0 Å². The number of halogens is 4. The van der Waals surface area contributed by atoms with Gasteiger partial charge in [0, 0.05) is 5.39 Å². The molecule has 0 N–H and O–H groups in total. The fourth-order valence-electron chi connectivity index (χ4n) is 4.10. The van der Waals surface area contributed by atoms with Crippen LogP contribution >= 0.6 is 0 Å². The third kappa shape index (κ3) is 6.16. The second-order valence-electron chi connectivity index (χ2n) is 8.46. The lowest BCUT2D eigenvalue weighted by atomic mass is 9.97. The molecule has 0 radical (unpaired) electrons. The lowest BCUT2D eigenvalue weighted by Gasteiger charge is -2.10. The average molecular weight is 467 g/mol. The van der Waals surface area contributed by atoms with E-state index in [1.807, 2.05) is 24.3 Å². The largest absolute Gasteiger partial charge is 0.573 e. The molecule has 0 aromatic heterocycles. The molecule has 0 unspecified atom stereocenters. The highest BCUT2D eigenvalue weighted by Gasteiger charge is 2.30. The molecule has 0 bridgehead atoms. The highest BCUT2D eigenvalue weighted by atomic mass is 19.4. The van der Waals surface area contributed by atoms with Gasteiger partial charge in [0.25, 0.3) is 0 Å². The number of aryl methyl sites for hydroxylation is 5. The molecule has 0 saturated carbocycles. The second kappa shape index (κ2) is 10.3. The summed E-state index contributed by atoms with van der Waals surface area (Å²) >= 11 is 0. The van der Waals surface area contributed by atoms with Crippen LogP contribution < -0.4 is 4.74 Å². The summed E-state index contributed by atoms with van der Waals surface area (Å²) in [5.74, 6) is -0.502. The Balaban J connectivity index is 1.40. The van der Waals surface area contributed by atoms with Gasteiger partial charge >= 0.3 is 6.36 Å². The molecule has 4 aromatic carbocycles. The Hall–Kier alpha value is -3.34. The monoisotopic (exact) mass is 466 g/mol. The third-order valence-electron chi connectivity index (χ3n) is 6.07. The summed E-state index contributed by atoms with van der Waals surface area (Å²) in [7, 11) is 0. The van der Waals surface area contributed by atoms with Crippen molar-refractivity contribution in [2.75, 3.05) is 0 Å². The Morgan fingerprint density at radius 2 is 1.21 bits per heavy atom. The maximum Gasteiger partial charge on any atom is 0.573 e. The van der Waals surface area contributed by atoms with Crippen molar-refractivity contribution in [2.24, 2.45) is 0 Å². The first-order chi connectivity index (χ1) is 16.3. The zero-order valence-electron chi connectivity index (χ0n) is 19.0. The van der Waals surface area contributed by atoms with Crippen LogP contribution in [0.2, 0.25) is 0 Å². The molecule has 1 nitrogen and oxygen atoms in total.